The van der Waals surface area contributed by atoms with Gasteiger partial charge in [0.2, 0.25) is 5.91 Å². The lowest BCUT2D eigenvalue weighted by atomic mass is 10.1. The molecule has 4 N–H and O–H groups in total. The molecule has 0 saturated heterocycles. The van der Waals surface area contributed by atoms with Gasteiger partial charge in [0.15, 0.2) is 23.0 Å². The van der Waals surface area contributed by atoms with Crippen molar-refractivity contribution in [3.8, 4) is 23.0 Å². The number of primary amides is 1. The first-order valence-corrected chi connectivity index (χ1v) is 24.2. The average molecular weight is 973 g/mol. The molecule has 0 fully saturated rings. The maximum absolute atomic E-state index is 14.3. The van der Waals surface area contributed by atoms with Gasteiger partial charge in [-0.1, -0.05) is 36.4 Å². The van der Waals surface area contributed by atoms with Crippen LogP contribution >= 0.6 is 12.6 Å². The Kier molecular flexibility index (Phi) is 15.2. The number of rotatable bonds is 22. The predicted molar refractivity (Wildman–Crippen MR) is 272 cm³/mol. The summed E-state index contributed by atoms with van der Waals surface area (Å²) in [6.07, 6.45) is 2.19. The normalized spacial score (nSPS) is 17.4. The molecule has 3 atom stereocenters. The molecule has 0 bridgehead atoms. The molecule has 16 nitrogen and oxygen atoms in total. The van der Waals surface area contributed by atoms with Crippen molar-refractivity contribution in [2.24, 2.45) is 5.73 Å². The highest BCUT2D eigenvalue weighted by Crippen LogP contribution is 2.44. The van der Waals surface area contributed by atoms with E-state index in [0.29, 0.717) is 111 Å². The number of fused-ring (bicyclic) bond motifs is 8. The van der Waals surface area contributed by atoms with E-state index in [1.165, 1.54) is 0 Å². The Balaban J connectivity index is 0.988. The molecule has 5 aromatic carbocycles. The first kappa shape index (κ1) is 48.4. The van der Waals surface area contributed by atoms with E-state index in [0.717, 1.165) is 45.7 Å². The number of thiol groups is 1. The molecular weight excluding hydrogens is 913 g/mol. The fraction of sp³-hybridized carbons (Fsp3) is 0.377. The lowest BCUT2D eigenvalue weighted by Crippen LogP contribution is -2.43. The molecule has 4 aliphatic rings. The second-order valence-electron chi connectivity index (χ2n) is 17.7. The Bertz CT molecular complexity index is 2720. The van der Waals surface area contributed by atoms with Crippen LogP contribution in [-0.4, -0.2) is 109 Å². The van der Waals surface area contributed by atoms with Crippen LogP contribution in [0.4, 0.5) is 28.4 Å². The Labute approximate surface area is 413 Å². The summed E-state index contributed by atoms with van der Waals surface area (Å²) < 4.78 is 41.5. The highest BCUT2D eigenvalue weighted by Gasteiger charge is 2.42. The molecule has 0 radical (unpaired) electrons. The van der Waals surface area contributed by atoms with E-state index in [-0.39, 0.29) is 54.8 Å². The molecule has 9 rings (SSSR count). The first-order chi connectivity index (χ1) is 34.1. The number of hydrogen-bond acceptors (Lipinski definition) is 14. The van der Waals surface area contributed by atoms with Gasteiger partial charge in [0.05, 0.1) is 87.2 Å². The number of nitrogens with two attached hydrogens (primary N) is 1. The molecule has 4 heterocycles. The molecule has 5 aromatic rings. The first-order valence-electron chi connectivity index (χ1n) is 23.7. The van der Waals surface area contributed by atoms with Gasteiger partial charge in [-0.05, 0) is 84.0 Å². The number of hydrogen-bond donors (Lipinski definition) is 4. The lowest BCUT2D eigenvalue weighted by Gasteiger charge is -2.26. The third-order valence-corrected chi connectivity index (χ3v) is 13.6. The third kappa shape index (κ3) is 10.4. The van der Waals surface area contributed by atoms with Crippen molar-refractivity contribution in [3.63, 3.8) is 0 Å². The van der Waals surface area contributed by atoms with Gasteiger partial charge in [-0.3, -0.25) is 14.4 Å². The van der Waals surface area contributed by atoms with Crippen LogP contribution in [0.2, 0.25) is 0 Å². The monoisotopic (exact) mass is 972 g/mol. The molecule has 70 heavy (non-hydrogen) atoms. The van der Waals surface area contributed by atoms with Crippen molar-refractivity contribution in [1.82, 2.24) is 0 Å². The quantitative estimate of drug-likeness (QED) is 0.0419. The zero-order valence-electron chi connectivity index (χ0n) is 39.7. The summed E-state index contributed by atoms with van der Waals surface area (Å²) in [6.45, 7) is 4.08. The predicted octanol–water partition coefficient (Wildman–Crippen LogP) is 6.86. The minimum Gasteiger partial charge on any atom is -0.493 e. The largest absolute Gasteiger partial charge is 0.493 e. The molecule has 3 amide bonds. The molecule has 0 spiro atoms. The van der Waals surface area contributed by atoms with Crippen molar-refractivity contribution < 1.29 is 47.5 Å². The number of nitrogens with zero attached hydrogens (tertiary/aromatic N) is 3. The summed E-state index contributed by atoms with van der Waals surface area (Å²) in [4.78, 5) is 46.2. The van der Waals surface area contributed by atoms with Crippen LogP contribution in [0.1, 0.15) is 55.8 Å². The van der Waals surface area contributed by atoms with Crippen LogP contribution in [0.5, 0.6) is 23.0 Å². The van der Waals surface area contributed by atoms with Crippen LogP contribution in [0.3, 0.4) is 0 Å². The molecule has 17 heteroatoms. The van der Waals surface area contributed by atoms with Crippen molar-refractivity contribution in [2.75, 3.05) is 99.3 Å². The maximum atomic E-state index is 14.3. The summed E-state index contributed by atoms with van der Waals surface area (Å²) in [7, 11) is 4.74. The molecule has 4 aliphatic heterocycles. The number of methoxy groups -OCH3 is 3. The number of ether oxygens (including phenoxy) is 7. The van der Waals surface area contributed by atoms with E-state index < -0.39 is 0 Å². The zero-order valence-corrected chi connectivity index (χ0v) is 40.6. The van der Waals surface area contributed by atoms with Crippen LogP contribution in [-0.2, 0) is 45.1 Å². The Hall–Kier alpha value is -6.66. The van der Waals surface area contributed by atoms with Gasteiger partial charge in [-0.25, -0.2) is 0 Å². The van der Waals surface area contributed by atoms with Gasteiger partial charge in [0.1, 0.15) is 13.2 Å². The summed E-state index contributed by atoms with van der Waals surface area (Å²) in [5.41, 5.74) is 14.4. The smallest absolute Gasteiger partial charge is 0.260 e. The van der Waals surface area contributed by atoms with Crippen molar-refractivity contribution >= 4 is 58.8 Å². The number of amides is 3. The lowest BCUT2D eigenvalue weighted by molar-refractivity contribution is -0.118. The molecule has 368 valence electrons. The van der Waals surface area contributed by atoms with Crippen LogP contribution in [0.15, 0.2) is 91.0 Å². The summed E-state index contributed by atoms with van der Waals surface area (Å²) in [5.74, 6) is 1.11. The number of carbonyl (C=O) groups is 3. The topological polar surface area (TPSA) is 176 Å². The van der Waals surface area contributed by atoms with E-state index in [1.807, 2.05) is 76.5 Å². The fourth-order valence-corrected chi connectivity index (χ4v) is 10.1. The minimum atomic E-state index is -0.378. The molecule has 1 unspecified atom stereocenters. The van der Waals surface area contributed by atoms with Crippen molar-refractivity contribution in [1.29, 1.82) is 0 Å². The molecule has 0 aliphatic carbocycles. The average Bonchev–Trinajstić information content (AvgIpc) is 3.89. The van der Waals surface area contributed by atoms with Gasteiger partial charge in [-0.2, -0.15) is 12.6 Å². The number of para-hydroxylation sites is 2. The number of anilines is 5. The van der Waals surface area contributed by atoms with Gasteiger partial charge >= 0.3 is 0 Å². The van der Waals surface area contributed by atoms with E-state index in [2.05, 4.69) is 21.6 Å². The van der Waals surface area contributed by atoms with Crippen molar-refractivity contribution in [3.05, 3.63) is 124 Å². The Morgan fingerprint density at radius 2 is 1.29 bits per heavy atom. The molecular formula is C53H60N6O10S. The van der Waals surface area contributed by atoms with Gasteiger partial charge in [0, 0.05) is 62.4 Å². The van der Waals surface area contributed by atoms with E-state index in [1.54, 1.807) is 39.5 Å². The van der Waals surface area contributed by atoms with E-state index in [9.17, 15) is 14.4 Å². The number of carbonyl (C=O) groups excluding carboxylic acids is 3. The highest BCUT2D eigenvalue weighted by atomic mass is 32.1. The zero-order chi connectivity index (χ0) is 48.7. The van der Waals surface area contributed by atoms with Crippen LogP contribution in [0.25, 0.3) is 0 Å². The summed E-state index contributed by atoms with van der Waals surface area (Å²) in [5, 5.41) is 6.65. The molecule has 0 saturated carbocycles. The van der Waals surface area contributed by atoms with Crippen molar-refractivity contribution in [2.45, 2.75) is 56.4 Å². The Morgan fingerprint density at radius 1 is 0.700 bits per heavy atom. The maximum Gasteiger partial charge on any atom is 0.260 e. The van der Waals surface area contributed by atoms with Gasteiger partial charge < -0.3 is 64.2 Å². The standard InChI is InChI=1S/C53H60N6O10S/c1-63-17-18-67-20-19-66-16-15-57(14-8-13-50(54)60)37-22-33(31-68-48-28-41-39(26-46(48)64-2)52(61)58-38(30-55-41)24-35-9-4-6-11-43(35)58)21-34(23-37)32-69-49-29-42-40(27-47(49)65-3)53(62)59-44-12-7-5-10-36(44)25-45(59)51(70)56-42/h4-7,9-12,21-23,26-29,38,45,51,55-56,70H,8,13-20,24-25,30-32H2,1-3H3,(H2,54,60)/t38-,45-,51?/m0/s1. The molecule has 0 aromatic heterocycles. The SMILES string of the molecule is COCCOCCOCCN(CCCC(N)=O)c1cc(COc2cc3c(cc2OC)C(=O)N2c4ccccc4C[C@H]2CN3)cc(COc2cc3c(cc2OC)C(=O)N2c4ccccc4C[C@H]2C(S)N3)c1. The third-order valence-electron chi connectivity index (χ3n) is 13.1. The van der Waals surface area contributed by atoms with Crippen LogP contribution in [0, 0.1) is 0 Å². The number of nitrogens with one attached hydrogen (secondary N) is 2. The van der Waals surface area contributed by atoms with E-state index in [4.69, 9.17) is 51.5 Å². The van der Waals surface area contributed by atoms with Gasteiger partial charge in [-0.15, -0.1) is 0 Å². The highest BCUT2D eigenvalue weighted by molar-refractivity contribution is 7.81. The van der Waals surface area contributed by atoms with E-state index >= 15 is 0 Å². The second kappa shape index (κ2) is 22.0. The van der Waals surface area contributed by atoms with Gasteiger partial charge in [0.25, 0.3) is 11.8 Å². The minimum absolute atomic E-state index is 0.0260. The fourth-order valence-electron chi connectivity index (χ4n) is 9.72. The number of benzene rings is 5. The summed E-state index contributed by atoms with van der Waals surface area (Å²) >= 11 is 4.94. The summed E-state index contributed by atoms with van der Waals surface area (Å²) in [6, 6.07) is 29.0. The van der Waals surface area contributed by atoms with Crippen LogP contribution < -0.4 is 50.0 Å². The Morgan fingerprint density at radius 3 is 1.94 bits per heavy atom. The second-order valence-corrected chi connectivity index (χ2v) is 18.2.